The standard InChI is InChI=1S/C17H18IN3O4S2/c1-21(2)27(23,24)13-7-5-12(6-8-13)19-17(26)20-16(22)11-4-9-15(25-3)14(18)10-11/h4-10H,1-3H3,(H2,19,20,22,26). The second-order valence-corrected chi connectivity index (χ2v) is 9.29. The summed E-state index contributed by atoms with van der Waals surface area (Å²) in [6.07, 6.45) is 0. The molecule has 0 atom stereocenters. The molecular weight excluding hydrogens is 501 g/mol. The Balaban J connectivity index is 2.03. The van der Waals surface area contributed by atoms with Gasteiger partial charge in [0.25, 0.3) is 5.91 Å². The van der Waals surface area contributed by atoms with Gasteiger partial charge in [0, 0.05) is 25.3 Å². The molecule has 144 valence electrons. The maximum Gasteiger partial charge on any atom is 0.257 e. The van der Waals surface area contributed by atoms with Crippen LogP contribution in [0.5, 0.6) is 5.75 Å². The predicted molar refractivity (Wildman–Crippen MR) is 117 cm³/mol. The zero-order valence-electron chi connectivity index (χ0n) is 14.8. The molecule has 0 bridgehead atoms. The maximum absolute atomic E-state index is 12.3. The Bertz CT molecular complexity index is 961. The molecule has 2 aromatic rings. The molecule has 2 aromatic carbocycles. The number of carbonyl (C=O) groups is 1. The van der Waals surface area contributed by atoms with Gasteiger partial charge < -0.3 is 10.1 Å². The molecular formula is C17H18IN3O4S2. The number of thiocarbonyl (C=S) groups is 1. The highest BCUT2D eigenvalue weighted by molar-refractivity contribution is 14.1. The number of sulfonamides is 1. The van der Waals surface area contributed by atoms with Crippen LogP contribution in [0.4, 0.5) is 5.69 Å². The number of amides is 1. The number of methoxy groups -OCH3 is 1. The van der Waals surface area contributed by atoms with Crippen molar-refractivity contribution >= 4 is 61.5 Å². The maximum atomic E-state index is 12.3. The lowest BCUT2D eigenvalue weighted by Crippen LogP contribution is -2.34. The van der Waals surface area contributed by atoms with Crippen LogP contribution in [0.2, 0.25) is 0 Å². The van der Waals surface area contributed by atoms with E-state index >= 15 is 0 Å². The van der Waals surface area contributed by atoms with Crippen LogP contribution in [0.1, 0.15) is 10.4 Å². The molecule has 0 spiro atoms. The molecule has 2 rings (SSSR count). The van der Waals surface area contributed by atoms with Crippen molar-refractivity contribution in [1.82, 2.24) is 9.62 Å². The number of hydrogen-bond acceptors (Lipinski definition) is 5. The van der Waals surface area contributed by atoms with Gasteiger partial charge in [-0.25, -0.2) is 12.7 Å². The van der Waals surface area contributed by atoms with E-state index in [1.807, 2.05) is 0 Å². The van der Waals surface area contributed by atoms with Crippen LogP contribution in [-0.4, -0.2) is 44.9 Å². The second kappa shape index (κ2) is 8.95. The number of rotatable bonds is 5. The SMILES string of the molecule is COc1ccc(C(=O)NC(=S)Nc2ccc(S(=O)(=O)N(C)C)cc2)cc1I. The quantitative estimate of drug-likeness (QED) is 0.467. The fourth-order valence-electron chi connectivity index (χ4n) is 2.07. The first-order valence-electron chi connectivity index (χ1n) is 7.63. The Morgan fingerprint density at radius 2 is 1.78 bits per heavy atom. The van der Waals surface area contributed by atoms with Gasteiger partial charge in [-0.2, -0.15) is 0 Å². The summed E-state index contributed by atoms with van der Waals surface area (Å²) in [5.41, 5.74) is 0.999. The number of nitrogens with one attached hydrogen (secondary N) is 2. The molecule has 0 fully saturated rings. The fraction of sp³-hybridized carbons (Fsp3) is 0.176. The third kappa shape index (κ3) is 5.37. The minimum Gasteiger partial charge on any atom is -0.496 e. The Hall–Kier alpha value is -1.76. The van der Waals surface area contributed by atoms with Gasteiger partial charge >= 0.3 is 0 Å². The molecule has 1 amide bonds. The van der Waals surface area contributed by atoms with Crippen molar-refractivity contribution in [3.8, 4) is 5.75 Å². The third-order valence-electron chi connectivity index (χ3n) is 3.53. The van der Waals surface area contributed by atoms with Gasteiger partial charge in [-0.15, -0.1) is 0 Å². The van der Waals surface area contributed by atoms with E-state index < -0.39 is 10.0 Å². The molecule has 0 aliphatic heterocycles. The molecule has 0 aliphatic rings. The smallest absolute Gasteiger partial charge is 0.257 e. The van der Waals surface area contributed by atoms with Crippen LogP contribution in [0.25, 0.3) is 0 Å². The Kier molecular flexibility index (Phi) is 7.14. The molecule has 0 heterocycles. The summed E-state index contributed by atoms with van der Waals surface area (Å²) < 4.78 is 31.2. The van der Waals surface area contributed by atoms with Gasteiger partial charge in [-0.1, -0.05) is 0 Å². The zero-order chi connectivity index (χ0) is 20.2. The molecule has 7 nitrogen and oxygen atoms in total. The Morgan fingerprint density at radius 1 is 1.15 bits per heavy atom. The molecule has 0 saturated carbocycles. The third-order valence-corrected chi connectivity index (χ3v) is 6.41. The lowest BCUT2D eigenvalue weighted by atomic mass is 10.2. The monoisotopic (exact) mass is 519 g/mol. The van der Waals surface area contributed by atoms with Gasteiger partial charge in [0.2, 0.25) is 10.0 Å². The first kappa shape index (κ1) is 21.5. The Labute approximate surface area is 177 Å². The lowest BCUT2D eigenvalue weighted by molar-refractivity contribution is 0.0977. The van der Waals surface area contributed by atoms with Crippen molar-refractivity contribution in [1.29, 1.82) is 0 Å². The number of nitrogens with zero attached hydrogens (tertiary/aromatic N) is 1. The first-order chi connectivity index (χ1) is 12.6. The summed E-state index contributed by atoms with van der Waals surface area (Å²) in [5.74, 6) is 0.320. The molecule has 2 N–H and O–H groups in total. The highest BCUT2D eigenvalue weighted by Gasteiger charge is 2.17. The van der Waals surface area contributed by atoms with Crippen molar-refractivity contribution < 1.29 is 17.9 Å². The van der Waals surface area contributed by atoms with Gasteiger partial charge in [-0.05, 0) is 77.3 Å². The fourth-order valence-corrected chi connectivity index (χ4v) is 3.91. The van der Waals surface area contributed by atoms with E-state index in [0.717, 1.165) is 7.88 Å². The van der Waals surface area contributed by atoms with E-state index in [4.69, 9.17) is 17.0 Å². The number of carbonyl (C=O) groups excluding carboxylic acids is 1. The van der Waals surface area contributed by atoms with E-state index in [9.17, 15) is 13.2 Å². The second-order valence-electron chi connectivity index (χ2n) is 5.57. The molecule has 10 heteroatoms. The Morgan fingerprint density at radius 3 is 2.30 bits per heavy atom. The van der Waals surface area contributed by atoms with E-state index in [1.165, 1.54) is 26.2 Å². The van der Waals surface area contributed by atoms with E-state index in [-0.39, 0.29) is 15.9 Å². The van der Waals surface area contributed by atoms with Gasteiger partial charge in [0.15, 0.2) is 5.11 Å². The highest BCUT2D eigenvalue weighted by Crippen LogP contribution is 2.21. The zero-order valence-corrected chi connectivity index (χ0v) is 18.6. The molecule has 0 radical (unpaired) electrons. The summed E-state index contributed by atoms with van der Waals surface area (Å²) in [5, 5.41) is 5.54. The van der Waals surface area contributed by atoms with Crippen LogP contribution in [0.15, 0.2) is 47.4 Å². The summed E-state index contributed by atoms with van der Waals surface area (Å²) in [6.45, 7) is 0. The molecule has 27 heavy (non-hydrogen) atoms. The number of ether oxygens (including phenoxy) is 1. The largest absolute Gasteiger partial charge is 0.496 e. The van der Waals surface area contributed by atoms with Crippen LogP contribution in [0.3, 0.4) is 0 Å². The van der Waals surface area contributed by atoms with Crippen molar-refractivity contribution in [2.24, 2.45) is 0 Å². The molecule has 0 aromatic heterocycles. The number of halogens is 1. The van der Waals surface area contributed by atoms with Gasteiger partial charge in [0.05, 0.1) is 15.6 Å². The van der Waals surface area contributed by atoms with Gasteiger partial charge in [0.1, 0.15) is 5.75 Å². The summed E-state index contributed by atoms with van der Waals surface area (Å²) in [7, 11) is 0.995. The first-order valence-corrected chi connectivity index (χ1v) is 10.6. The molecule has 0 saturated heterocycles. The minimum atomic E-state index is -3.50. The number of benzene rings is 2. The van der Waals surface area contributed by atoms with Crippen molar-refractivity contribution in [3.05, 3.63) is 51.6 Å². The summed E-state index contributed by atoms with van der Waals surface area (Å²) in [6, 6.07) is 11.1. The lowest BCUT2D eigenvalue weighted by Gasteiger charge is -2.13. The predicted octanol–water partition coefficient (Wildman–Crippen LogP) is 2.68. The van der Waals surface area contributed by atoms with Crippen molar-refractivity contribution in [2.45, 2.75) is 4.90 Å². The van der Waals surface area contributed by atoms with Crippen LogP contribution in [0, 0.1) is 3.57 Å². The summed E-state index contributed by atoms with van der Waals surface area (Å²) in [4.78, 5) is 12.5. The van der Waals surface area contributed by atoms with Crippen molar-refractivity contribution in [3.63, 3.8) is 0 Å². The average molecular weight is 519 g/mol. The average Bonchev–Trinajstić information content (AvgIpc) is 2.61. The molecule has 0 aliphatic carbocycles. The number of hydrogen-bond donors (Lipinski definition) is 2. The topological polar surface area (TPSA) is 87.7 Å². The number of anilines is 1. The van der Waals surface area contributed by atoms with Crippen LogP contribution in [-0.2, 0) is 10.0 Å². The van der Waals surface area contributed by atoms with Crippen molar-refractivity contribution in [2.75, 3.05) is 26.5 Å². The van der Waals surface area contributed by atoms with E-state index in [2.05, 4.69) is 33.2 Å². The normalized spacial score (nSPS) is 11.1. The van der Waals surface area contributed by atoms with Gasteiger partial charge in [-0.3, -0.25) is 10.1 Å². The highest BCUT2D eigenvalue weighted by atomic mass is 127. The van der Waals surface area contributed by atoms with Crippen LogP contribution < -0.4 is 15.4 Å². The van der Waals surface area contributed by atoms with E-state index in [0.29, 0.717) is 17.0 Å². The molecule has 0 unspecified atom stereocenters. The van der Waals surface area contributed by atoms with E-state index in [1.54, 1.807) is 37.4 Å². The summed E-state index contributed by atoms with van der Waals surface area (Å²) >= 11 is 7.22. The van der Waals surface area contributed by atoms with Crippen LogP contribution >= 0.6 is 34.8 Å². The minimum absolute atomic E-state index is 0.106.